The minimum Gasteiger partial charge on any atom is -0.308 e. The summed E-state index contributed by atoms with van der Waals surface area (Å²) in [6, 6.07) is 73.5. The minimum absolute atomic E-state index is 0.159. The van der Waals surface area contributed by atoms with Crippen LogP contribution < -0.4 is 9.80 Å². The number of rotatable bonds is 13. The summed E-state index contributed by atoms with van der Waals surface area (Å²) in [5.74, 6) is -9.56. The lowest BCUT2D eigenvalue weighted by Crippen LogP contribution is -2.29. The van der Waals surface area contributed by atoms with E-state index in [-0.39, 0.29) is 22.5 Å². The predicted octanol–water partition coefficient (Wildman–Crippen LogP) is 21.4. The summed E-state index contributed by atoms with van der Waals surface area (Å²) >= 11 is 0. The van der Waals surface area contributed by atoms with Gasteiger partial charge in [-0.2, -0.15) is 0 Å². The number of hydrogen-bond donors (Lipinski definition) is 0. The largest absolute Gasteiger partial charge is 0.308 e. The highest BCUT2D eigenvalue weighted by Gasteiger charge is 2.49. The molecule has 0 N–H and O–H groups in total. The second-order valence-electron chi connectivity index (χ2n) is 21.9. The maximum atomic E-state index is 16.4. The monoisotopic (exact) mass is 1160 g/mol. The maximum absolute atomic E-state index is 16.4. The van der Waals surface area contributed by atoms with Crippen molar-refractivity contribution >= 4 is 46.3 Å². The van der Waals surface area contributed by atoms with Crippen molar-refractivity contribution in [1.82, 2.24) is 0 Å². The summed E-state index contributed by atoms with van der Waals surface area (Å²) in [5.41, 5.74) is 10.5. The van der Waals surface area contributed by atoms with Crippen molar-refractivity contribution < 1.29 is 35.1 Å². The number of anilines is 6. The maximum Gasteiger partial charge on any atom is 0.194 e. The predicted molar refractivity (Wildman–Crippen MR) is 336 cm³/mol. The molecule has 0 bridgehead atoms. The summed E-state index contributed by atoms with van der Waals surface area (Å²) in [6.07, 6.45) is 3.39. The first-order valence-corrected chi connectivity index (χ1v) is 28.4. The first kappa shape index (κ1) is 55.1. The number of benzene rings is 12. The van der Waals surface area contributed by atoms with Crippen molar-refractivity contribution in [3.8, 4) is 33.4 Å². The van der Waals surface area contributed by atoms with E-state index in [9.17, 15) is 8.78 Å². The highest BCUT2D eigenvalue weighted by molar-refractivity contribution is 5.92. The molecule has 426 valence electrons. The van der Waals surface area contributed by atoms with Gasteiger partial charge in [-0.15, -0.1) is 0 Å². The molecule has 10 heteroatoms. The van der Waals surface area contributed by atoms with Gasteiger partial charge >= 0.3 is 0 Å². The molecular weight excluding hydrogens is 1120 g/mol. The van der Waals surface area contributed by atoms with E-state index in [2.05, 4.69) is 13.2 Å². The third-order valence-corrected chi connectivity index (χ3v) is 17.3. The molecule has 0 aromatic heterocycles. The van der Waals surface area contributed by atoms with Crippen molar-refractivity contribution in [2.75, 3.05) is 9.80 Å². The second kappa shape index (κ2) is 21.6. The highest BCUT2D eigenvalue weighted by Crippen LogP contribution is 2.60. The highest BCUT2D eigenvalue weighted by atomic mass is 19.2. The van der Waals surface area contributed by atoms with Crippen LogP contribution in [0.5, 0.6) is 0 Å². The van der Waals surface area contributed by atoms with E-state index in [4.69, 9.17) is 0 Å². The Morgan fingerprint density at radius 2 is 0.591 bits per heavy atom. The standard InChI is InChI=1S/C78H48F8N2/c1-3-47-21-29-51(30-22-47)77(53-41-69(81)75(85)70(82)42-53)63-15-7-5-13-59(63)61-39-37-57(45-65(61)77)87(73-19-11-9-17-67(73)79)55-33-25-49(26-34-55)50-27-35-56(36-28-50)88(74-20-12-10-18-68(74)80)58-38-40-62-60-14-6-8-16-64(60)78(66(62)46-58,52-31-23-48(4-2)24-32-52)54-43-71(83)76(86)72(84)44-54/h3-46H,1-2H2. The SMILES string of the molecule is C=Cc1ccc(C2(c3cc(F)c(F)c(F)c3)c3ccccc3-c3ccc(N(c4ccc(-c5ccc(N(c6ccc7c(c6)C(c6ccc(C=C)cc6)(c6cc(F)c(F)c(F)c6)c6ccccc6-7)c6ccccc6F)cc5)cc4)c4ccccc4F)cc32)cc1. The third kappa shape index (κ3) is 8.61. The lowest BCUT2D eigenvalue weighted by molar-refractivity contribution is 0.443. The smallest absolute Gasteiger partial charge is 0.194 e. The van der Waals surface area contributed by atoms with Crippen LogP contribution in [0.1, 0.15) is 55.6 Å². The first-order valence-electron chi connectivity index (χ1n) is 28.4. The Bertz CT molecular complexity index is 4420. The number of nitrogens with zero attached hydrogens (tertiary/aromatic N) is 2. The Morgan fingerprint density at radius 1 is 0.273 bits per heavy atom. The van der Waals surface area contributed by atoms with Crippen LogP contribution in [0.2, 0.25) is 0 Å². The topological polar surface area (TPSA) is 6.48 Å². The van der Waals surface area contributed by atoms with E-state index in [1.807, 2.05) is 182 Å². The van der Waals surface area contributed by atoms with Gasteiger partial charge in [-0.3, -0.25) is 0 Å². The van der Waals surface area contributed by atoms with E-state index in [0.29, 0.717) is 56.1 Å². The summed E-state index contributed by atoms with van der Waals surface area (Å²) in [5, 5.41) is 0. The van der Waals surface area contributed by atoms with Crippen molar-refractivity contribution in [3.05, 3.63) is 370 Å². The zero-order valence-corrected chi connectivity index (χ0v) is 46.7. The molecule has 0 amide bonds. The Hall–Kier alpha value is -10.8. The molecule has 12 aromatic carbocycles. The van der Waals surface area contributed by atoms with Gasteiger partial charge in [0.15, 0.2) is 34.9 Å². The van der Waals surface area contributed by atoms with E-state index in [1.165, 1.54) is 12.1 Å². The zero-order chi connectivity index (χ0) is 60.6. The Labute approximate surface area is 503 Å². The van der Waals surface area contributed by atoms with Crippen LogP contribution in [0.25, 0.3) is 45.5 Å². The van der Waals surface area contributed by atoms with Gasteiger partial charge in [-0.05, 0) is 186 Å². The van der Waals surface area contributed by atoms with Crippen molar-refractivity contribution in [2.24, 2.45) is 0 Å². The molecule has 2 aliphatic rings. The van der Waals surface area contributed by atoms with E-state index in [1.54, 1.807) is 58.4 Å². The summed E-state index contributed by atoms with van der Waals surface area (Å²) in [4.78, 5) is 3.55. The van der Waals surface area contributed by atoms with Crippen molar-refractivity contribution in [3.63, 3.8) is 0 Å². The number of fused-ring (bicyclic) bond motifs is 6. The molecule has 14 rings (SSSR count). The molecule has 0 fully saturated rings. The minimum atomic E-state index is -1.59. The van der Waals surface area contributed by atoms with Gasteiger partial charge in [-0.1, -0.05) is 183 Å². The van der Waals surface area contributed by atoms with Crippen LogP contribution in [-0.2, 0) is 10.8 Å². The molecule has 12 aromatic rings. The molecule has 0 spiro atoms. The lowest BCUT2D eigenvalue weighted by atomic mass is 9.67. The molecule has 2 atom stereocenters. The summed E-state index contributed by atoms with van der Waals surface area (Å²) in [6.45, 7) is 7.83. The number of hydrogen-bond acceptors (Lipinski definition) is 2. The molecule has 0 saturated carbocycles. The third-order valence-electron chi connectivity index (χ3n) is 17.3. The van der Waals surface area contributed by atoms with Crippen LogP contribution in [0, 0.1) is 46.5 Å². The molecule has 2 unspecified atom stereocenters. The molecule has 0 aliphatic heterocycles. The Kier molecular flexibility index (Phi) is 13.5. The Balaban J connectivity index is 0.875. The van der Waals surface area contributed by atoms with Crippen LogP contribution >= 0.6 is 0 Å². The lowest BCUT2D eigenvalue weighted by Gasteiger charge is -2.35. The second-order valence-corrected chi connectivity index (χ2v) is 21.9. The van der Waals surface area contributed by atoms with Gasteiger partial charge in [0.25, 0.3) is 0 Å². The van der Waals surface area contributed by atoms with Gasteiger partial charge < -0.3 is 9.80 Å². The van der Waals surface area contributed by atoms with Crippen LogP contribution in [0.4, 0.5) is 69.2 Å². The molecule has 0 radical (unpaired) electrons. The fourth-order valence-corrected chi connectivity index (χ4v) is 13.4. The van der Waals surface area contributed by atoms with Gasteiger partial charge in [0.1, 0.15) is 11.6 Å². The summed E-state index contributed by atoms with van der Waals surface area (Å²) < 4.78 is 125. The number of halogens is 8. The van der Waals surface area contributed by atoms with Crippen LogP contribution in [0.15, 0.2) is 268 Å². The zero-order valence-electron chi connectivity index (χ0n) is 46.7. The summed E-state index contributed by atoms with van der Waals surface area (Å²) in [7, 11) is 0. The fourth-order valence-electron chi connectivity index (χ4n) is 13.4. The van der Waals surface area contributed by atoms with Crippen molar-refractivity contribution in [2.45, 2.75) is 10.8 Å². The van der Waals surface area contributed by atoms with Gasteiger partial charge in [0.2, 0.25) is 0 Å². The first-order chi connectivity index (χ1) is 42.8. The molecule has 0 saturated heterocycles. The molecule has 2 aliphatic carbocycles. The number of para-hydroxylation sites is 2. The van der Waals surface area contributed by atoms with Crippen LogP contribution in [0.3, 0.4) is 0 Å². The fraction of sp³-hybridized carbons (Fsp3) is 0.0256. The average molecular weight is 1170 g/mol. The normalized spacial score (nSPS) is 15.2. The molecule has 2 nitrogen and oxygen atoms in total. The quantitative estimate of drug-likeness (QED) is 0.0839. The van der Waals surface area contributed by atoms with Gasteiger partial charge in [0.05, 0.1) is 22.2 Å². The van der Waals surface area contributed by atoms with Crippen LogP contribution in [-0.4, -0.2) is 0 Å². The molecular formula is C78H48F8N2. The van der Waals surface area contributed by atoms with Gasteiger partial charge in [0, 0.05) is 22.7 Å². The Morgan fingerprint density at radius 3 is 0.943 bits per heavy atom. The molecule has 88 heavy (non-hydrogen) atoms. The van der Waals surface area contributed by atoms with E-state index < -0.39 is 57.4 Å². The van der Waals surface area contributed by atoms with Crippen molar-refractivity contribution in [1.29, 1.82) is 0 Å². The van der Waals surface area contributed by atoms with E-state index >= 15 is 26.3 Å². The molecule has 0 heterocycles. The van der Waals surface area contributed by atoms with Gasteiger partial charge in [-0.25, -0.2) is 35.1 Å². The average Bonchev–Trinajstić information content (AvgIpc) is 1.54. The van der Waals surface area contributed by atoms with E-state index in [0.717, 1.165) is 68.8 Å².